The van der Waals surface area contributed by atoms with Crippen LogP contribution >= 0.6 is 0 Å². The Balaban J connectivity index is 1.86. The molecule has 0 radical (unpaired) electrons. The van der Waals surface area contributed by atoms with Crippen LogP contribution in [-0.4, -0.2) is 21.1 Å². The highest BCUT2D eigenvalue weighted by Crippen LogP contribution is 2.26. The Kier molecular flexibility index (Phi) is 5.18. The Hall–Kier alpha value is -3.99. The molecule has 0 fully saturated rings. The van der Waals surface area contributed by atoms with E-state index in [0.29, 0.717) is 34.3 Å². The summed E-state index contributed by atoms with van der Waals surface area (Å²) in [5.41, 5.74) is 10.4. The summed E-state index contributed by atoms with van der Waals surface area (Å²) in [6, 6.07) is 12.5. The fourth-order valence-corrected chi connectivity index (χ4v) is 2.74. The van der Waals surface area contributed by atoms with Crippen molar-refractivity contribution in [2.75, 3.05) is 10.6 Å². The molecule has 28 heavy (non-hydrogen) atoms. The maximum Gasteiger partial charge on any atom is 0.249 e. The SMILES string of the molecule is Cc1cc(C#N)cc(C)c1Nc1nc(Nc2ccc(C(N)=O)cc2)nnc1C. The van der Waals surface area contributed by atoms with Crippen LogP contribution in [-0.2, 0) is 0 Å². The summed E-state index contributed by atoms with van der Waals surface area (Å²) in [7, 11) is 0. The summed E-state index contributed by atoms with van der Waals surface area (Å²) < 4.78 is 0. The minimum Gasteiger partial charge on any atom is -0.366 e. The third-order valence-corrected chi connectivity index (χ3v) is 4.19. The van der Waals surface area contributed by atoms with Crippen molar-refractivity contribution in [2.24, 2.45) is 5.73 Å². The molecule has 0 saturated heterocycles. The van der Waals surface area contributed by atoms with Crippen molar-refractivity contribution in [3.63, 3.8) is 0 Å². The molecule has 0 bridgehead atoms. The number of nitrogens with one attached hydrogen (secondary N) is 2. The summed E-state index contributed by atoms with van der Waals surface area (Å²) >= 11 is 0. The predicted octanol–water partition coefficient (Wildman–Crippen LogP) is 3.25. The number of aryl methyl sites for hydroxylation is 3. The number of nitriles is 1. The maximum absolute atomic E-state index is 11.2. The van der Waals surface area contributed by atoms with Gasteiger partial charge in [-0.1, -0.05) is 0 Å². The Morgan fingerprint density at radius 1 is 1.04 bits per heavy atom. The van der Waals surface area contributed by atoms with E-state index < -0.39 is 5.91 Å². The molecule has 3 rings (SSSR count). The first kappa shape index (κ1) is 18.8. The summed E-state index contributed by atoms with van der Waals surface area (Å²) in [5, 5.41) is 23.6. The third kappa shape index (κ3) is 4.04. The molecule has 8 nitrogen and oxygen atoms in total. The molecule has 0 aliphatic heterocycles. The van der Waals surface area contributed by atoms with Gasteiger partial charge in [0.05, 0.1) is 11.6 Å². The fourth-order valence-electron chi connectivity index (χ4n) is 2.74. The first-order valence-electron chi connectivity index (χ1n) is 8.54. The van der Waals surface area contributed by atoms with E-state index in [1.54, 1.807) is 24.3 Å². The zero-order chi connectivity index (χ0) is 20.3. The van der Waals surface area contributed by atoms with Crippen molar-refractivity contribution in [1.82, 2.24) is 15.2 Å². The van der Waals surface area contributed by atoms with Crippen LogP contribution in [0.1, 0.15) is 32.7 Å². The lowest BCUT2D eigenvalue weighted by Crippen LogP contribution is -2.10. The number of nitrogens with two attached hydrogens (primary N) is 1. The maximum atomic E-state index is 11.2. The molecular formula is C20H19N7O. The normalized spacial score (nSPS) is 10.2. The number of amides is 1. The van der Waals surface area contributed by atoms with Gasteiger partial charge >= 0.3 is 0 Å². The van der Waals surface area contributed by atoms with Crippen molar-refractivity contribution in [3.05, 3.63) is 64.3 Å². The molecule has 0 saturated carbocycles. The highest BCUT2D eigenvalue weighted by Gasteiger charge is 2.11. The topological polar surface area (TPSA) is 130 Å². The van der Waals surface area contributed by atoms with Crippen LogP contribution in [0.3, 0.4) is 0 Å². The average molecular weight is 373 g/mol. The molecule has 2 aromatic carbocycles. The van der Waals surface area contributed by atoms with Gasteiger partial charge in [0.15, 0.2) is 5.82 Å². The minimum atomic E-state index is -0.487. The molecular weight excluding hydrogens is 354 g/mol. The molecule has 140 valence electrons. The Bertz CT molecular complexity index is 1060. The molecule has 0 unspecified atom stereocenters. The number of hydrogen-bond donors (Lipinski definition) is 3. The average Bonchev–Trinajstić information content (AvgIpc) is 2.67. The number of carbonyl (C=O) groups is 1. The molecule has 0 aliphatic carbocycles. The third-order valence-electron chi connectivity index (χ3n) is 4.19. The molecule has 4 N–H and O–H groups in total. The van der Waals surface area contributed by atoms with E-state index in [9.17, 15) is 4.79 Å². The first-order chi connectivity index (χ1) is 13.4. The van der Waals surface area contributed by atoms with Crippen LogP contribution in [0.15, 0.2) is 36.4 Å². The van der Waals surface area contributed by atoms with Gasteiger partial charge in [-0.25, -0.2) is 0 Å². The monoisotopic (exact) mass is 373 g/mol. The zero-order valence-corrected chi connectivity index (χ0v) is 15.7. The second-order valence-electron chi connectivity index (χ2n) is 6.36. The Labute approximate surface area is 162 Å². The van der Waals surface area contributed by atoms with Crippen LogP contribution in [0.25, 0.3) is 0 Å². The van der Waals surface area contributed by atoms with Crippen LogP contribution < -0.4 is 16.4 Å². The summed E-state index contributed by atoms with van der Waals surface area (Å²) in [5.74, 6) is 0.380. The summed E-state index contributed by atoms with van der Waals surface area (Å²) in [6.07, 6.45) is 0. The summed E-state index contributed by atoms with van der Waals surface area (Å²) in [6.45, 7) is 5.67. The number of carbonyl (C=O) groups excluding carboxylic acids is 1. The fraction of sp³-hybridized carbons (Fsp3) is 0.150. The highest BCUT2D eigenvalue weighted by atomic mass is 16.1. The molecule has 8 heteroatoms. The number of nitrogens with zero attached hydrogens (tertiary/aromatic N) is 4. The van der Waals surface area contributed by atoms with Crippen molar-refractivity contribution < 1.29 is 4.79 Å². The number of anilines is 4. The minimum absolute atomic E-state index is 0.309. The van der Waals surface area contributed by atoms with Gasteiger partial charge in [0.25, 0.3) is 0 Å². The van der Waals surface area contributed by atoms with Gasteiger partial charge in [-0.05, 0) is 68.3 Å². The van der Waals surface area contributed by atoms with Crippen molar-refractivity contribution in [2.45, 2.75) is 20.8 Å². The largest absolute Gasteiger partial charge is 0.366 e. The van der Waals surface area contributed by atoms with Gasteiger partial charge < -0.3 is 16.4 Å². The smallest absolute Gasteiger partial charge is 0.249 e. The summed E-state index contributed by atoms with van der Waals surface area (Å²) in [4.78, 5) is 15.7. The lowest BCUT2D eigenvalue weighted by molar-refractivity contribution is 0.100. The molecule has 1 amide bonds. The van der Waals surface area contributed by atoms with Crippen LogP contribution in [0.5, 0.6) is 0 Å². The molecule has 0 spiro atoms. The number of aromatic nitrogens is 3. The van der Waals surface area contributed by atoms with Gasteiger partial charge in [-0.2, -0.15) is 10.2 Å². The zero-order valence-electron chi connectivity index (χ0n) is 15.7. The van der Waals surface area contributed by atoms with Crippen LogP contribution in [0, 0.1) is 32.1 Å². The second-order valence-corrected chi connectivity index (χ2v) is 6.36. The van der Waals surface area contributed by atoms with E-state index in [4.69, 9.17) is 11.0 Å². The van der Waals surface area contributed by atoms with E-state index >= 15 is 0 Å². The van der Waals surface area contributed by atoms with Crippen molar-refractivity contribution in [1.29, 1.82) is 5.26 Å². The number of primary amides is 1. The number of rotatable bonds is 5. The van der Waals surface area contributed by atoms with E-state index in [2.05, 4.69) is 31.9 Å². The molecule has 0 aliphatic rings. The lowest BCUT2D eigenvalue weighted by Gasteiger charge is -2.14. The van der Waals surface area contributed by atoms with Crippen molar-refractivity contribution >= 4 is 29.0 Å². The van der Waals surface area contributed by atoms with Gasteiger partial charge in [-0.15, -0.1) is 10.2 Å². The standard InChI is InChI=1S/C20H19N7O/c1-11-8-14(10-21)9-12(2)17(11)24-19-13(3)26-27-20(25-19)23-16-6-4-15(5-7-16)18(22)28/h4-9H,1-3H3,(H2,22,28)(H2,23,24,25,27). The van der Waals surface area contributed by atoms with E-state index in [1.165, 1.54) is 0 Å². The second kappa shape index (κ2) is 7.72. The van der Waals surface area contributed by atoms with Gasteiger partial charge in [-0.3, -0.25) is 4.79 Å². The quantitative estimate of drug-likeness (QED) is 0.626. The van der Waals surface area contributed by atoms with Crippen LogP contribution in [0.4, 0.5) is 23.1 Å². The Morgan fingerprint density at radius 2 is 1.68 bits per heavy atom. The van der Waals surface area contributed by atoms with Crippen molar-refractivity contribution in [3.8, 4) is 6.07 Å². The predicted molar refractivity (Wildman–Crippen MR) is 107 cm³/mol. The lowest BCUT2D eigenvalue weighted by atomic mass is 10.0. The first-order valence-corrected chi connectivity index (χ1v) is 8.54. The number of hydrogen-bond acceptors (Lipinski definition) is 7. The number of benzene rings is 2. The van der Waals surface area contributed by atoms with E-state index in [0.717, 1.165) is 16.8 Å². The van der Waals surface area contributed by atoms with Gasteiger partial charge in [0.1, 0.15) is 5.69 Å². The molecule has 0 atom stereocenters. The Morgan fingerprint density at radius 3 is 2.25 bits per heavy atom. The van der Waals surface area contributed by atoms with Gasteiger partial charge in [0.2, 0.25) is 11.9 Å². The highest BCUT2D eigenvalue weighted by molar-refractivity contribution is 5.93. The van der Waals surface area contributed by atoms with Gasteiger partial charge in [0, 0.05) is 16.9 Å². The van der Waals surface area contributed by atoms with Crippen LogP contribution in [0.2, 0.25) is 0 Å². The molecule has 3 aromatic rings. The molecule has 1 heterocycles. The van der Waals surface area contributed by atoms with E-state index in [-0.39, 0.29) is 0 Å². The molecule has 1 aromatic heterocycles. The van der Waals surface area contributed by atoms with E-state index in [1.807, 2.05) is 32.9 Å².